The summed E-state index contributed by atoms with van der Waals surface area (Å²) < 4.78 is 0. The number of carbonyl (C=O) groups excluding carboxylic acids is 2. The van der Waals surface area contributed by atoms with Crippen molar-refractivity contribution in [2.45, 2.75) is 104 Å². The van der Waals surface area contributed by atoms with Gasteiger partial charge in [-0.25, -0.2) is 4.79 Å². The molecule has 2 heterocycles. The van der Waals surface area contributed by atoms with Crippen LogP contribution in [0.1, 0.15) is 94.0 Å². The van der Waals surface area contributed by atoms with Crippen molar-refractivity contribution in [3.05, 3.63) is 52.8 Å². The average molecular weight is 470 g/mol. The number of nitrogens with zero attached hydrogens (tertiary/aromatic N) is 3. The van der Waals surface area contributed by atoms with E-state index in [2.05, 4.69) is 32.8 Å². The van der Waals surface area contributed by atoms with Crippen LogP contribution < -0.4 is 4.84 Å². The van der Waals surface area contributed by atoms with Crippen LogP contribution in [0, 0.1) is 13.8 Å². The lowest BCUT2D eigenvalue weighted by molar-refractivity contribution is -0.303. The Hall–Kier alpha value is -2.51. The molecular formula is C27H39N3O4. The highest BCUT2D eigenvalue weighted by Gasteiger charge is 2.44. The largest absolute Gasteiger partial charge is 0.365 e. The number of ketones is 1. The molecule has 1 saturated heterocycles. The minimum absolute atomic E-state index is 0.121. The number of piperidine rings is 1. The molecule has 1 aromatic heterocycles. The summed E-state index contributed by atoms with van der Waals surface area (Å²) >= 11 is 0. The predicted octanol–water partition coefficient (Wildman–Crippen LogP) is 5.02. The molecule has 1 unspecified atom stereocenters. The highest BCUT2D eigenvalue weighted by Crippen LogP contribution is 2.39. The number of hydrogen-bond acceptors (Lipinski definition) is 6. The van der Waals surface area contributed by atoms with Crippen LogP contribution in [0.15, 0.2) is 30.3 Å². The Labute approximate surface area is 203 Å². The molecule has 0 N–H and O–H groups in total. The minimum Gasteiger partial charge on any atom is -0.316 e. The van der Waals surface area contributed by atoms with E-state index in [1.54, 1.807) is 0 Å². The van der Waals surface area contributed by atoms with Gasteiger partial charge in [0.2, 0.25) is 0 Å². The third-order valence-electron chi connectivity index (χ3n) is 6.61. The first kappa shape index (κ1) is 26.1. The summed E-state index contributed by atoms with van der Waals surface area (Å²) in [7, 11) is 0. The van der Waals surface area contributed by atoms with Gasteiger partial charge < -0.3 is 4.84 Å². The predicted molar refractivity (Wildman–Crippen MR) is 131 cm³/mol. The molecule has 1 fully saturated rings. The van der Waals surface area contributed by atoms with Crippen molar-refractivity contribution in [3.8, 4) is 0 Å². The van der Waals surface area contributed by atoms with Crippen LogP contribution in [0.4, 0.5) is 0 Å². The number of aromatic nitrogens is 2. The Balaban J connectivity index is 1.80. The average Bonchev–Trinajstić information content (AvgIpc) is 3.08. The van der Waals surface area contributed by atoms with Gasteiger partial charge in [0.1, 0.15) is 0 Å². The molecule has 3 rings (SSSR count). The summed E-state index contributed by atoms with van der Waals surface area (Å²) in [6.45, 7) is 14.2. The topological polar surface area (TPSA) is 73.7 Å². The Morgan fingerprint density at radius 2 is 1.68 bits per heavy atom. The summed E-state index contributed by atoms with van der Waals surface area (Å²) in [5.41, 5.74) is 2.86. The molecule has 0 radical (unpaired) electrons. The van der Waals surface area contributed by atoms with Crippen molar-refractivity contribution in [1.82, 2.24) is 15.0 Å². The number of rotatable bonds is 9. The molecule has 186 valence electrons. The highest BCUT2D eigenvalue weighted by molar-refractivity contribution is 5.95. The highest BCUT2D eigenvalue weighted by atomic mass is 16.7. The fraction of sp³-hybridized carbons (Fsp3) is 0.593. The van der Waals surface area contributed by atoms with Crippen LogP contribution in [-0.4, -0.2) is 43.9 Å². The molecule has 0 saturated carbocycles. The van der Waals surface area contributed by atoms with E-state index in [-0.39, 0.29) is 16.9 Å². The molecular weight excluding hydrogens is 430 g/mol. The van der Waals surface area contributed by atoms with Crippen LogP contribution in [0.25, 0.3) is 0 Å². The van der Waals surface area contributed by atoms with Gasteiger partial charge in [0.05, 0.1) is 11.4 Å². The minimum atomic E-state index is -0.794. The Morgan fingerprint density at radius 3 is 2.21 bits per heavy atom. The fourth-order valence-electron chi connectivity index (χ4n) is 4.81. The zero-order chi connectivity index (χ0) is 25.1. The lowest BCUT2D eigenvalue weighted by Crippen LogP contribution is -2.60. The van der Waals surface area contributed by atoms with Crippen LogP contribution in [-0.2, 0) is 16.1 Å². The van der Waals surface area contributed by atoms with E-state index in [0.717, 1.165) is 36.2 Å². The van der Waals surface area contributed by atoms with Crippen molar-refractivity contribution >= 4 is 11.8 Å². The molecule has 0 amide bonds. The molecule has 0 spiro atoms. The van der Waals surface area contributed by atoms with Crippen molar-refractivity contribution in [3.63, 3.8) is 0 Å². The second-order valence-corrected chi connectivity index (χ2v) is 10.6. The standard InChI is InChI=1S/C27H39N3O4/c1-8-23(31)22-13-10-21(11-14-22)12-15-24(25(32)34-29-20(3)18-19(2)28-29)33-30-26(4,5)16-9-17-27(30,6)7/h10-11,13-14,18,24H,8-9,12,15-17H2,1-7H3. The van der Waals surface area contributed by atoms with E-state index >= 15 is 0 Å². The fourth-order valence-corrected chi connectivity index (χ4v) is 4.81. The second kappa shape index (κ2) is 10.4. The molecule has 1 aromatic carbocycles. The first-order valence-electron chi connectivity index (χ1n) is 12.3. The van der Waals surface area contributed by atoms with Crippen molar-refractivity contribution < 1.29 is 19.3 Å². The molecule has 1 atom stereocenters. The van der Waals surface area contributed by atoms with Crippen LogP contribution >= 0.6 is 0 Å². The van der Waals surface area contributed by atoms with Gasteiger partial charge in [0.25, 0.3) is 0 Å². The van der Waals surface area contributed by atoms with E-state index in [4.69, 9.17) is 9.68 Å². The third-order valence-corrected chi connectivity index (χ3v) is 6.61. The number of hydroxylamine groups is 2. The molecule has 0 aliphatic carbocycles. The molecule has 34 heavy (non-hydrogen) atoms. The Morgan fingerprint density at radius 1 is 1.06 bits per heavy atom. The third kappa shape index (κ3) is 6.13. The lowest BCUT2D eigenvalue weighted by atomic mass is 9.82. The van der Waals surface area contributed by atoms with Gasteiger partial charge in [0, 0.05) is 23.1 Å². The lowest BCUT2D eigenvalue weighted by Gasteiger charge is -2.52. The van der Waals surface area contributed by atoms with Gasteiger partial charge in [-0.2, -0.15) is 5.06 Å². The molecule has 7 heteroatoms. The molecule has 7 nitrogen and oxygen atoms in total. The zero-order valence-corrected chi connectivity index (χ0v) is 21.7. The summed E-state index contributed by atoms with van der Waals surface area (Å²) in [5.74, 6) is -0.350. The second-order valence-electron chi connectivity index (χ2n) is 10.6. The SMILES string of the molecule is CCC(=O)c1ccc(CCC(ON2C(C)(C)CCCC2(C)C)C(=O)On2nc(C)cc2C)cc1. The molecule has 1 aliphatic rings. The quantitative estimate of drug-likeness (QED) is 0.480. The Kier molecular flexibility index (Phi) is 7.98. The van der Waals surface area contributed by atoms with Crippen LogP contribution in [0.5, 0.6) is 0 Å². The van der Waals surface area contributed by atoms with Gasteiger partial charge >= 0.3 is 5.97 Å². The van der Waals surface area contributed by atoms with Gasteiger partial charge in [-0.15, -0.1) is 5.10 Å². The molecule has 2 aromatic rings. The van der Waals surface area contributed by atoms with Crippen LogP contribution in [0.3, 0.4) is 0 Å². The van der Waals surface area contributed by atoms with Crippen molar-refractivity contribution in [2.75, 3.05) is 0 Å². The maximum Gasteiger partial charge on any atom is 0.365 e. The number of aryl methyl sites for hydroxylation is 3. The van der Waals surface area contributed by atoms with E-state index < -0.39 is 12.1 Å². The van der Waals surface area contributed by atoms with Gasteiger partial charge in [0.15, 0.2) is 11.9 Å². The molecule has 1 aliphatic heterocycles. The van der Waals surface area contributed by atoms with E-state index in [1.807, 2.05) is 56.2 Å². The smallest absolute Gasteiger partial charge is 0.316 e. The maximum absolute atomic E-state index is 13.3. The summed E-state index contributed by atoms with van der Waals surface area (Å²) in [6, 6.07) is 9.45. The first-order valence-corrected chi connectivity index (χ1v) is 12.3. The van der Waals surface area contributed by atoms with Crippen molar-refractivity contribution in [2.24, 2.45) is 0 Å². The van der Waals surface area contributed by atoms with Crippen molar-refractivity contribution in [1.29, 1.82) is 0 Å². The Bertz CT molecular complexity index is 991. The normalized spacial score (nSPS) is 18.4. The number of benzene rings is 1. The number of hydrogen-bond donors (Lipinski definition) is 0. The maximum atomic E-state index is 13.3. The number of Topliss-reactive ketones (excluding diaryl/α,β-unsaturated/α-hetero) is 1. The number of carbonyl (C=O) groups is 2. The summed E-state index contributed by atoms with van der Waals surface area (Å²) in [6.07, 6.45) is 3.84. The summed E-state index contributed by atoms with van der Waals surface area (Å²) in [4.78, 5) is 38.6. The van der Waals surface area contributed by atoms with E-state index in [0.29, 0.717) is 24.8 Å². The van der Waals surface area contributed by atoms with Crippen LogP contribution in [0.2, 0.25) is 0 Å². The van der Waals surface area contributed by atoms with E-state index in [1.165, 1.54) is 4.85 Å². The van der Waals surface area contributed by atoms with Gasteiger partial charge in [-0.3, -0.25) is 9.63 Å². The summed E-state index contributed by atoms with van der Waals surface area (Å²) in [5, 5.41) is 6.26. The molecule has 0 bridgehead atoms. The van der Waals surface area contributed by atoms with E-state index in [9.17, 15) is 9.59 Å². The van der Waals surface area contributed by atoms with Gasteiger partial charge in [-0.05, 0) is 85.3 Å². The first-order chi connectivity index (χ1) is 15.9. The monoisotopic (exact) mass is 469 g/mol. The zero-order valence-electron chi connectivity index (χ0n) is 21.7. The van der Waals surface area contributed by atoms with Gasteiger partial charge in [-0.1, -0.05) is 36.0 Å².